The van der Waals surface area contributed by atoms with Gasteiger partial charge in [0.15, 0.2) is 0 Å². The minimum atomic E-state index is -3.00. The van der Waals surface area contributed by atoms with E-state index < -0.39 is 9.84 Å². The molecule has 2 aliphatic carbocycles. The molecule has 2 rings (SSSR count). The molecule has 0 spiro atoms. The normalized spacial score (nSPS) is 34.6. The number of sulfone groups is 1. The summed E-state index contributed by atoms with van der Waals surface area (Å²) in [7, 11) is -3.00. The van der Waals surface area contributed by atoms with Crippen LogP contribution in [-0.2, 0) is 14.6 Å². The van der Waals surface area contributed by atoms with Crippen molar-refractivity contribution >= 4 is 15.6 Å². The highest BCUT2D eigenvalue weighted by Crippen LogP contribution is 2.44. The Morgan fingerprint density at radius 2 is 1.75 bits per heavy atom. The summed E-state index contributed by atoms with van der Waals surface area (Å²) in [4.78, 5) is 12.8. The van der Waals surface area contributed by atoms with E-state index in [9.17, 15) is 13.2 Å². The van der Waals surface area contributed by atoms with Crippen LogP contribution in [0.3, 0.4) is 0 Å². The lowest BCUT2D eigenvalue weighted by Gasteiger charge is -2.40. The molecule has 116 valence electrons. The van der Waals surface area contributed by atoms with E-state index >= 15 is 0 Å². The van der Waals surface area contributed by atoms with Crippen LogP contribution in [0.2, 0.25) is 0 Å². The molecule has 2 fully saturated rings. The van der Waals surface area contributed by atoms with Crippen LogP contribution < -0.4 is 0 Å². The largest absolute Gasteiger partial charge is 0.299 e. The number of hydrogen-bond donors (Lipinski definition) is 0. The van der Waals surface area contributed by atoms with Crippen LogP contribution in [0.25, 0.3) is 0 Å². The highest BCUT2D eigenvalue weighted by Gasteiger charge is 2.41. The number of carbonyl (C=O) groups excluding carboxylic acids is 1. The zero-order valence-corrected chi connectivity index (χ0v) is 13.8. The molecule has 3 nitrogen and oxygen atoms in total. The van der Waals surface area contributed by atoms with Crippen molar-refractivity contribution in [2.24, 2.45) is 17.3 Å². The molecule has 3 unspecified atom stereocenters. The van der Waals surface area contributed by atoms with Gasteiger partial charge in [-0.15, -0.1) is 0 Å². The molecule has 2 aliphatic rings. The number of ketones is 1. The Hall–Kier alpha value is -0.380. The van der Waals surface area contributed by atoms with Gasteiger partial charge < -0.3 is 0 Å². The Morgan fingerprint density at radius 3 is 2.35 bits per heavy atom. The Morgan fingerprint density at radius 1 is 1.05 bits per heavy atom. The Bertz CT molecular complexity index is 464. The first-order valence-corrected chi connectivity index (χ1v) is 9.90. The molecular weight excluding hydrogens is 272 g/mol. The molecule has 0 amide bonds. The van der Waals surface area contributed by atoms with Crippen molar-refractivity contribution in [1.82, 2.24) is 0 Å². The molecule has 0 aromatic carbocycles. The second-order valence-electron chi connectivity index (χ2n) is 7.50. The van der Waals surface area contributed by atoms with Gasteiger partial charge >= 0.3 is 0 Å². The zero-order valence-electron chi connectivity index (χ0n) is 13.0. The maximum absolute atomic E-state index is 12.8. The van der Waals surface area contributed by atoms with Gasteiger partial charge in [-0.3, -0.25) is 4.79 Å². The number of carbonyl (C=O) groups is 1. The topological polar surface area (TPSA) is 51.2 Å². The molecule has 3 atom stereocenters. The minimum absolute atomic E-state index is 0.0224. The van der Waals surface area contributed by atoms with Crippen LogP contribution >= 0.6 is 0 Å². The molecule has 0 aliphatic heterocycles. The number of rotatable bonds is 3. The van der Waals surface area contributed by atoms with E-state index in [2.05, 4.69) is 13.8 Å². The summed E-state index contributed by atoms with van der Waals surface area (Å²) in [6.07, 6.45) is 8.84. The lowest BCUT2D eigenvalue weighted by atomic mass is 9.64. The predicted molar refractivity (Wildman–Crippen MR) is 81.3 cm³/mol. The summed E-state index contributed by atoms with van der Waals surface area (Å²) in [6, 6.07) is 0. The van der Waals surface area contributed by atoms with Gasteiger partial charge in [-0.05, 0) is 37.5 Å². The third kappa shape index (κ3) is 3.44. The summed E-state index contributed by atoms with van der Waals surface area (Å²) < 4.78 is 23.5. The maximum atomic E-state index is 12.8. The van der Waals surface area contributed by atoms with Gasteiger partial charge in [0.25, 0.3) is 0 Å². The van der Waals surface area contributed by atoms with Crippen LogP contribution in [0.1, 0.15) is 65.2 Å². The maximum Gasteiger partial charge on any atom is 0.150 e. The molecule has 0 radical (unpaired) electrons. The van der Waals surface area contributed by atoms with Gasteiger partial charge in [-0.25, -0.2) is 8.42 Å². The summed E-state index contributed by atoms with van der Waals surface area (Å²) in [5.41, 5.74) is 0.0906. The molecule has 0 aromatic heterocycles. The Kier molecular flexibility index (Phi) is 4.63. The first-order valence-electron chi connectivity index (χ1n) is 7.94. The highest BCUT2D eigenvalue weighted by molar-refractivity contribution is 7.91. The van der Waals surface area contributed by atoms with E-state index in [-0.39, 0.29) is 22.5 Å². The van der Waals surface area contributed by atoms with Gasteiger partial charge in [-0.1, -0.05) is 33.1 Å². The SMILES string of the molecule is CC1(C)CCCCC1C(=O)C1CCCC(S(C)(=O)=O)C1. The monoisotopic (exact) mass is 300 g/mol. The summed E-state index contributed by atoms with van der Waals surface area (Å²) >= 11 is 0. The summed E-state index contributed by atoms with van der Waals surface area (Å²) in [5, 5.41) is -0.295. The van der Waals surface area contributed by atoms with Gasteiger partial charge in [0.1, 0.15) is 15.6 Å². The van der Waals surface area contributed by atoms with Crippen LogP contribution in [0, 0.1) is 17.3 Å². The van der Waals surface area contributed by atoms with E-state index in [1.165, 1.54) is 12.7 Å². The minimum Gasteiger partial charge on any atom is -0.299 e. The molecule has 0 aromatic rings. The smallest absolute Gasteiger partial charge is 0.150 e. The van der Waals surface area contributed by atoms with E-state index in [0.717, 1.165) is 38.5 Å². The van der Waals surface area contributed by atoms with Crippen molar-refractivity contribution < 1.29 is 13.2 Å². The number of hydrogen-bond acceptors (Lipinski definition) is 3. The summed E-state index contributed by atoms with van der Waals surface area (Å²) in [5.74, 6) is 0.466. The van der Waals surface area contributed by atoms with E-state index in [4.69, 9.17) is 0 Å². The Balaban J connectivity index is 2.09. The third-order valence-electron chi connectivity index (χ3n) is 5.48. The van der Waals surface area contributed by atoms with Gasteiger partial charge in [0.05, 0.1) is 5.25 Å². The molecule has 4 heteroatoms. The van der Waals surface area contributed by atoms with E-state index in [1.807, 2.05) is 0 Å². The average molecular weight is 300 g/mol. The van der Waals surface area contributed by atoms with Crippen molar-refractivity contribution in [3.8, 4) is 0 Å². The molecule has 0 N–H and O–H groups in total. The van der Waals surface area contributed by atoms with Crippen LogP contribution in [-0.4, -0.2) is 25.7 Å². The van der Waals surface area contributed by atoms with Gasteiger partial charge in [0, 0.05) is 18.1 Å². The second kappa shape index (κ2) is 5.78. The van der Waals surface area contributed by atoms with Crippen LogP contribution in [0.5, 0.6) is 0 Å². The Labute approximate surface area is 123 Å². The molecular formula is C16H28O3S. The highest BCUT2D eigenvalue weighted by atomic mass is 32.2. The van der Waals surface area contributed by atoms with Crippen LogP contribution in [0.15, 0.2) is 0 Å². The molecule has 0 heterocycles. The fraction of sp³-hybridized carbons (Fsp3) is 0.938. The molecule has 0 saturated heterocycles. The van der Waals surface area contributed by atoms with Crippen molar-refractivity contribution in [2.75, 3.05) is 6.26 Å². The zero-order chi connectivity index (χ0) is 15.0. The van der Waals surface area contributed by atoms with E-state index in [0.29, 0.717) is 12.2 Å². The second-order valence-corrected chi connectivity index (χ2v) is 9.83. The fourth-order valence-corrected chi connectivity index (χ4v) is 5.27. The van der Waals surface area contributed by atoms with Gasteiger partial charge in [0.2, 0.25) is 0 Å². The number of Topliss-reactive ketones (excluding diaryl/α,β-unsaturated/α-hetero) is 1. The molecule has 0 bridgehead atoms. The third-order valence-corrected chi connectivity index (χ3v) is 7.12. The first kappa shape index (κ1) is 16.0. The lowest BCUT2D eigenvalue weighted by Crippen LogP contribution is -2.40. The first-order chi connectivity index (χ1) is 9.22. The standard InChI is InChI=1S/C16H28O3S/c1-16(2)10-5-4-9-14(16)15(17)12-7-6-8-13(11-12)20(3,18)19/h12-14H,4-11H2,1-3H3. The molecule has 2 saturated carbocycles. The predicted octanol–water partition coefficient (Wildman–Crippen LogP) is 3.38. The summed E-state index contributed by atoms with van der Waals surface area (Å²) in [6.45, 7) is 4.40. The van der Waals surface area contributed by atoms with E-state index in [1.54, 1.807) is 0 Å². The van der Waals surface area contributed by atoms with Crippen molar-refractivity contribution in [3.05, 3.63) is 0 Å². The molecule has 20 heavy (non-hydrogen) atoms. The van der Waals surface area contributed by atoms with Crippen molar-refractivity contribution in [1.29, 1.82) is 0 Å². The van der Waals surface area contributed by atoms with Crippen LogP contribution in [0.4, 0.5) is 0 Å². The van der Waals surface area contributed by atoms with Crippen molar-refractivity contribution in [3.63, 3.8) is 0 Å². The van der Waals surface area contributed by atoms with Crippen molar-refractivity contribution in [2.45, 2.75) is 70.5 Å². The lowest BCUT2D eigenvalue weighted by molar-refractivity contribution is -0.133. The average Bonchev–Trinajstić information content (AvgIpc) is 2.37. The fourth-order valence-electron chi connectivity index (χ4n) is 4.10. The van der Waals surface area contributed by atoms with Gasteiger partial charge in [-0.2, -0.15) is 0 Å². The quantitative estimate of drug-likeness (QED) is 0.803.